The quantitative estimate of drug-likeness (QED) is 0.327. The van der Waals surface area contributed by atoms with Gasteiger partial charge in [-0.1, -0.05) is 39.7 Å². The molecule has 31 heavy (non-hydrogen) atoms. The van der Waals surface area contributed by atoms with Gasteiger partial charge in [0.2, 0.25) is 0 Å². The monoisotopic (exact) mass is 502 g/mol. The molecule has 160 valence electrons. The lowest BCUT2D eigenvalue weighted by Gasteiger charge is -2.10. The molecule has 8 heteroatoms. The van der Waals surface area contributed by atoms with Crippen LogP contribution in [0.4, 0.5) is 0 Å². The molecule has 0 unspecified atom stereocenters. The number of hydrogen-bond donors (Lipinski definition) is 1. The van der Waals surface area contributed by atoms with E-state index in [0.717, 1.165) is 10.0 Å². The number of nitrogens with zero attached hydrogens (tertiary/aromatic N) is 1. The Morgan fingerprint density at radius 3 is 2.42 bits per heavy atom. The zero-order chi connectivity index (χ0) is 22.2. The normalized spacial score (nSPS) is 10.7. The van der Waals surface area contributed by atoms with Gasteiger partial charge in [-0.05, 0) is 54.1 Å². The van der Waals surface area contributed by atoms with Crippen LogP contribution in [0.15, 0.2) is 70.2 Å². The van der Waals surface area contributed by atoms with Crippen LogP contribution in [0, 0.1) is 0 Å². The maximum absolute atomic E-state index is 12.4. The minimum atomic E-state index is -0.392. The molecule has 6 nitrogen and oxygen atoms in total. The molecular weight excluding hydrogens is 484 g/mol. The van der Waals surface area contributed by atoms with Crippen molar-refractivity contribution in [3.63, 3.8) is 0 Å². The number of hydrogen-bond acceptors (Lipinski definition) is 5. The molecule has 0 atom stereocenters. The Labute approximate surface area is 193 Å². The number of carbonyl (C=O) groups excluding carboxylic acids is 1. The number of hydrazone groups is 1. The van der Waals surface area contributed by atoms with Crippen molar-refractivity contribution in [2.45, 2.75) is 6.61 Å². The molecule has 0 aliphatic carbocycles. The highest BCUT2D eigenvalue weighted by molar-refractivity contribution is 9.10. The highest BCUT2D eigenvalue weighted by Crippen LogP contribution is 2.27. The molecular formula is C23H20BrClN2O4. The van der Waals surface area contributed by atoms with Gasteiger partial charge in [-0.25, -0.2) is 5.43 Å². The smallest absolute Gasteiger partial charge is 0.271 e. The molecule has 1 N–H and O–H groups in total. The second-order valence-electron chi connectivity index (χ2n) is 6.37. The molecule has 3 aromatic carbocycles. The number of nitrogens with one attached hydrogen (secondary N) is 1. The summed E-state index contributed by atoms with van der Waals surface area (Å²) in [5.74, 6) is 1.19. The van der Waals surface area contributed by atoms with Crippen LogP contribution in [0.3, 0.4) is 0 Å². The number of benzene rings is 3. The largest absolute Gasteiger partial charge is 0.493 e. The number of rotatable bonds is 8. The van der Waals surface area contributed by atoms with Gasteiger partial charge in [0.05, 0.1) is 20.4 Å². The summed E-state index contributed by atoms with van der Waals surface area (Å²) in [5.41, 5.74) is 4.53. The van der Waals surface area contributed by atoms with Crippen LogP contribution < -0.4 is 19.6 Å². The van der Waals surface area contributed by atoms with Crippen molar-refractivity contribution in [2.24, 2.45) is 5.10 Å². The molecule has 0 fully saturated rings. The minimum absolute atomic E-state index is 0.382. The summed E-state index contributed by atoms with van der Waals surface area (Å²) in [6.45, 7) is 0.383. The number of ether oxygens (including phenoxy) is 3. The second-order valence-corrected chi connectivity index (χ2v) is 7.72. The number of carbonyl (C=O) groups is 1. The van der Waals surface area contributed by atoms with E-state index in [-0.39, 0.29) is 0 Å². The Kier molecular flexibility index (Phi) is 7.92. The molecule has 0 radical (unpaired) electrons. The van der Waals surface area contributed by atoms with Gasteiger partial charge < -0.3 is 14.2 Å². The second kappa shape index (κ2) is 10.8. The van der Waals surface area contributed by atoms with Crippen LogP contribution in [-0.4, -0.2) is 26.3 Å². The molecule has 0 spiro atoms. The van der Waals surface area contributed by atoms with Crippen molar-refractivity contribution in [2.75, 3.05) is 14.2 Å². The van der Waals surface area contributed by atoms with Gasteiger partial charge in [-0.15, -0.1) is 0 Å². The van der Waals surface area contributed by atoms with E-state index in [2.05, 4.69) is 26.5 Å². The van der Waals surface area contributed by atoms with E-state index >= 15 is 0 Å². The molecule has 0 aliphatic heterocycles. The minimum Gasteiger partial charge on any atom is -0.493 e. The molecule has 3 rings (SSSR count). The average molecular weight is 504 g/mol. The van der Waals surface area contributed by atoms with Crippen molar-refractivity contribution < 1.29 is 19.0 Å². The van der Waals surface area contributed by atoms with Crippen molar-refractivity contribution in [1.82, 2.24) is 5.43 Å². The van der Waals surface area contributed by atoms with Gasteiger partial charge in [-0.3, -0.25) is 4.79 Å². The topological polar surface area (TPSA) is 69.2 Å². The van der Waals surface area contributed by atoms with Crippen molar-refractivity contribution in [1.29, 1.82) is 0 Å². The average Bonchev–Trinajstić information content (AvgIpc) is 2.79. The van der Waals surface area contributed by atoms with Crippen LogP contribution in [0.1, 0.15) is 21.5 Å². The molecule has 0 heterocycles. The number of methoxy groups -OCH3 is 2. The molecule has 1 amide bonds. The standard InChI is InChI=1S/C23H20BrClN2O4/c1-29-21-9-5-16(12-22(21)30-2)23(28)27-26-13-17-11-19(25)8-10-20(17)31-14-15-3-6-18(24)7-4-15/h3-13H,14H2,1-2H3,(H,27,28)/b26-13+. The molecule has 0 aliphatic rings. The Balaban J connectivity index is 1.69. The molecule has 0 saturated carbocycles. The predicted octanol–water partition coefficient (Wildman–Crippen LogP) is 5.46. The van der Waals surface area contributed by atoms with Crippen LogP contribution in [0.5, 0.6) is 17.2 Å². The summed E-state index contributed by atoms with van der Waals surface area (Å²) in [6, 6.07) is 17.9. The molecule has 0 aromatic heterocycles. The van der Waals surface area contributed by atoms with E-state index in [1.807, 2.05) is 24.3 Å². The highest BCUT2D eigenvalue weighted by Gasteiger charge is 2.10. The van der Waals surface area contributed by atoms with Gasteiger partial charge in [0.1, 0.15) is 12.4 Å². The maximum Gasteiger partial charge on any atom is 0.271 e. The van der Waals surface area contributed by atoms with Crippen LogP contribution in [-0.2, 0) is 6.61 Å². The zero-order valence-electron chi connectivity index (χ0n) is 16.9. The predicted molar refractivity (Wildman–Crippen MR) is 125 cm³/mol. The van der Waals surface area contributed by atoms with E-state index in [1.54, 1.807) is 36.4 Å². The third kappa shape index (κ3) is 6.23. The summed E-state index contributed by atoms with van der Waals surface area (Å²) in [5, 5.41) is 4.57. The summed E-state index contributed by atoms with van der Waals surface area (Å²) in [7, 11) is 3.04. The first-order chi connectivity index (χ1) is 15.0. The summed E-state index contributed by atoms with van der Waals surface area (Å²) in [4.78, 5) is 12.4. The third-order valence-corrected chi connectivity index (χ3v) is 5.06. The summed E-state index contributed by atoms with van der Waals surface area (Å²) >= 11 is 9.53. The Hall–Kier alpha value is -3.03. The highest BCUT2D eigenvalue weighted by atomic mass is 79.9. The molecule has 3 aromatic rings. The first-order valence-electron chi connectivity index (χ1n) is 9.22. The zero-order valence-corrected chi connectivity index (χ0v) is 19.2. The third-order valence-electron chi connectivity index (χ3n) is 4.29. The maximum atomic E-state index is 12.4. The van der Waals surface area contributed by atoms with Crippen molar-refractivity contribution >= 4 is 39.7 Å². The van der Waals surface area contributed by atoms with Crippen LogP contribution in [0.25, 0.3) is 0 Å². The van der Waals surface area contributed by atoms with Crippen molar-refractivity contribution in [3.8, 4) is 17.2 Å². The van der Waals surface area contributed by atoms with Gasteiger partial charge in [0, 0.05) is 20.6 Å². The fourth-order valence-corrected chi connectivity index (χ4v) is 3.14. The first kappa shape index (κ1) is 22.7. The van der Waals surface area contributed by atoms with Gasteiger partial charge in [0.25, 0.3) is 5.91 Å². The first-order valence-corrected chi connectivity index (χ1v) is 10.4. The van der Waals surface area contributed by atoms with E-state index < -0.39 is 5.91 Å². The Morgan fingerprint density at radius 1 is 1.00 bits per heavy atom. The van der Waals surface area contributed by atoms with E-state index in [9.17, 15) is 4.79 Å². The number of halogens is 2. The van der Waals surface area contributed by atoms with Gasteiger partial charge >= 0.3 is 0 Å². The molecule has 0 saturated heterocycles. The fourth-order valence-electron chi connectivity index (χ4n) is 2.70. The Bertz CT molecular complexity index is 1090. The van der Waals surface area contributed by atoms with Gasteiger partial charge in [-0.2, -0.15) is 5.10 Å². The number of amides is 1. The lowest BCUT2D eigenvalue weighted by Crippen LogP contribution is -2.17. The van der Waals surface area contributed by atoms with Crippen LogP contribution in [0.2, 0.25) is 5.02 Å². The Morgan fingerprint density at radius 2 is 1.71 bits per heavy atom. The lowest BCUT2D eigenvalue weighted by atomic mass is 10.2. The van der Waals surface area contributed by atoms with Gasteiger partial charge in [0.15, 0.2) is 11.5 Å². The fraction of sp³-hybridized carbons (Fsp3) is 0.130. The molecule has 0 bridgehead atoms. The summed E-state index contributed by atoms with van der Waals surface area (Å²) < 4.78 is 17.3. The van der Waals surface area contributed by atoms with E-state index in [1.165, 1.54) is 20.4 Å². The SMILES string of the molecule is COc1ccc(C(=O)N/N=C/c2cc(Cl)ccc2OCc2ccc(Br)cc2)cc1OC. The van der Waals surface area contributed by atoms with E-state index in [4.69, 9.17) is 25.8 Å². The lowest BCUT2D eigenvalue weighted by molar-refractivity contribution is 0.0954. The van der Waals surface area contributed by atoms with Crippen LogP contribution >= 0.6 is 27.5 Å². The van der Waals surface area contributed by atoms with Crippen molar-refractivity contribution in [3.05, 3.63) is 86.8 Å². The summed E-state index contributed by atoms with van der Waals surface area (Å²) in [6.07, 6.45) is 1.49. The van der Waals surface area contributed by atoms with E-state index in [0.29, 0.717) is 40.0 Å².